The third-order valence-electron chi connectivity index (χ3n) is 6.11. The number of benzene rings is 2. The van der Waals surface area contributed by atoms with Crippen LogP contribution in [-0.2, 0) is 9.53 Å². The lowest BCUT2D eigenvalue weighted by molar-refractivity contribution is -0.139. The fourth-order valence-corrected chi connectivity index (χ4v) is 6.40. The van der Waals surface area contributed by atoms with E-state index in [-0.39, 0.29) is 17.7 Å². The molecule has 2 heterocycles. The lowest BCUT2D eigenvalue weighted by atomic mass is 9.95. The SMILES string of the molecule is CCOC(=O)C1=C(C)N=c2sc(=Cc3cc(Br)c(OC)cc3OC)c(=O)n2[C@@H]1c1cc(OC)c(OC)cc1Br. The maximum absolute atomic E-state index is 14.0. The van der Waals surface area contributed by atoms with Crippen molar-refractivity contribution in [2.24, 2.45) is 4.99 Å². The van der Waals surface area contributed by atoms with Gasteiger partial charge in [-0.05, 0) is 59.6 Å². The summed E-state index contributed by atoms with van der Waals surface area (Å²) >= 11 is 8.31. The first-order chi connectivity index (χ1) is 18.7. The Morgan fingerprint density at radius 1 is 0.974 bits per heavy atom. The quantitative estimate of drug-likeness (QED) is 0.326. The van der Waals surface area contributed by atoms with Crippen molar-refractivity contribution in [2.75, 3.05) is 35.0 Å². The molecular weight excluding hydrogens is 656 g/mol. The van der Waals surface area contributed by atoms with Crippen LogP contribution in [0, 0.1) is 0 Å². The number of aromatic nitrogens is 1. The van der Waals surface area contributed by atoms with Crippen molar-refractivity contribution in [3.63, 3.8) is 0 Å². The monoisotopic (exact) mass is 680 g/mol. The number of thiazole rings is 1. The van der Waals surface area contributed by atoms with Crippen LogP contribution in [0.5, 0.6) is 23.0 Å². The summed E-state index contributed by atoms with van der Waals surface area (Å²) in [7, 11) is 6.17. The number of ether oxygens (including phenoxy) is 5. The Hall–Kier alpha value is -3.09. The van der Waals surface area contributed by atoms with Crippen LogP contribution in [0.2, 0.25) is 0 Å². The van der Waals surface area contributed by atoms with Gasteiger partial charge in [0.05, 0.1) is 61.4 Å². The van der Waals surface area contributed by atoms with Gasteiger partial charge in [-0.2, -0.15) is 0 Å². The van der Waals surface area contributed by atoms with Crippen molar-refractivity contribution in [3.05, 3.63) is 75.3 Å². The van der Waals surface area contributed by atoms with E-state index in [1.807, 2.05) is 6.07 Å². The number of carbonyl (C=O) groups excluding carboxylic acids is 1. The molecule has 0 bridgehead atoms. The number of allylic oxidation sites excluding steroid dienone is 1. The molecule has 1 aromatic heterocycles. The first-order valence-corrected chi connectivity index (χ1v) is 14.1. The minimum absolute atomic E-state index is 0.173. The predicted molar refractivity (Wildman–Crippen MR) is 155 cm³/mol. The number of rotatable bonds is 8. The average Bonchev–Trinajstić information content (AvgIpc) is 3.22. The van der Waals surface area contributed by atoms with Crippen LogP contribution in [0.1, 0.15) is 31.0 Å². The van der Waals surface area contributed by atoms with Crippen molar-refractivity contribution in [1.29, 1.82) is 0 Å². The summed E-state index contributed by atoms with van der Waals surface area (Å²) in [4.78, 5) is 32.3. The van der Waals surface area contributed by atoms with Crippen LogP contribution < -0.4 is 33.8 Å². The standard InChI is InChI=1S/C27H26Br2N2O7S/c1-7-38-26(33)23-13(2)30-27-31(24(23)15-10-20(36-5)21(37-6)11-16(15)28)25(32)22(39-27)9-14-8-17(29)19(35-4)12-18(14)34-3/h8-12,24H,7H2,1-6H3/t24-/m1/s1. The lowest BCUT2D eigenvalue weighted by Crippen LogP contribution is -2.40. The van der Waals surface area contributed by atoms with Crippen molar-refractivity contribution in [3.8, 4) is 23.0 Å². The number of methoxy groups -OCH3 is 4. The Balaban J connectivity index is 2.02. The smallest absolute Gasteiger partial charge is 0.338 e. The van der Waals surface area contributed by atoms with Crippen LogP contribution in [0.3, 0.4) is 0 Å². The number of carbonyl (C=O) groups is 1. The summed E-state index contributed by atoms with van der Waals surface area (Å²) in [6.45, 7) is 3.63. The maximum atomic E-state index is 14.0. The highest BCUT2D eigenvalue weighted by Gasteiger charge is 2.35. The number of hydrogen-bond acceptors (Lipinski definition) is 9. The van der Waals surface area contributed by atoms with E-state index in [1.54, 1.807) is 52.3 Å². The van der Waals surface area contributed by atoms with Crippen molar-refractivity contribution < 1.29 is 28.5 Å². The van der Waals surface area contributed by atoms with Gasteiger partial charge in [0.1, 0.15) is 11.5 Å². The Morgan fingerprint density at radius 2 is 1.62 bits per heavy atom. The van der Waals surface area contributed by atoms with Gasteiger partial charge in [-0.25, -0.2) is 9.79 Å². The molecule has 0 aliphatic carbocycles. The van der Waals surface area contributed by atoms with E-state index in [9.17, 15) is 9.59 Å². The van der Waals surface area contributed by atoms with Gasteiger partial charge in [0.15, 0.2) is 16.3 Å². The Bertz CT molecular complexity index is 1660. The lowest BCUT2D eigenvalue weighted by Gasteiger charge is -2.26. The topological polar surface area (TPSA) is 97.6 Å². The predicted octanol–water partition coefficient (Wildman–Crippen LogP) is 4.36. The number of halogens is 2. The van der Waals surface area contributed by atoms with E-state index in [2.05, 4.69) is 36.9 Å². The molecule has 0 radical (unpaired) electrons. The zero-order valence-electron chi connectivity index (χ0n) is 22.1. The van der Waals surface area contributed by atoms with E-state index in [4.69, 9.17) is 23.7 Å². The molecule has 2 aromatic carbocycles. The van der Waals surface area contributed by atoms with Gasteiger partial charge in [0.25, 0.3) is 5.56 Å². The number of hydrogen-bond donors (Lipinski definition) is 0. The molecule has 3 aromatic rings. The van der Waals surface area contributed by atoms with Gasteiger partial charge >= 0.3 is 5.97 Å². The molecule has 0 N–H and O–H groups in total. The van der Waals surface area contributed by atoms with Crippen LogP contribution in [-0.4, -0.2) is 45.6 Å². The summed E-state index contributed by atoms with van der Waals surface area (Å²) in [6, 6.07) is 6.20. The molecule has 1 atom stereocenters. The third kappa shape index (κ3) is 5.37. The highest BCUT2D eigenvalue weighted by Crippen LogP contribution is 2.41. The second kappa shape index (κ2) is 12.0. The first kappa shape index (κ1) is 28.9. The van der Waals surface area contributed by atoms with Crippen molar-refractivity contribution in [1.82, 2.24) is 4.57 Å². The zero-order valence-corrected chi connectivity index (χ0v) is 26.1. The highest BCUT2D eigenvalue weighted by atomic mass is 79.9. The summed E-state index contributed by atoms with van der Waals surface area (Å²) < 4.78 is 30.5. The molecule has 206 valence electrons. The van der Waals surface area contributed by atoms with Gasteiger partial charge in [0.2, 0.25) is 0 Å². The Morgan fingerprint density at radius 3 is 2.23 bits per heavy atom. The van der Waals surface area contributed by atoms with Crippen LogP contribution in [0.15, 0.2) is 54.3 Å². The first-order valence-electron chi connectivity index (χ1n) is 11.7. The van der Waals surface area contributed by atoms with E-state index in [0.717, 1.165) is 0 Å². The van der Waals surface area contributed by atoms with Gasteiger partial charge in [0, 0.05) is 16.1 Å². The minimum Gasteiger partial charge on any atom is -0.496 e. The molecule has 39 heavy (non-hydrogen) atoms. The number of fused-ring (bicyclic) bond motifs is 1. The largest absolute Gasteiger partial charge is 0.496 e. The molecule has 0 amide bonds. The summed E-state index contributed by atoms with van der Waals surface area (Å²) in [5, 5.41) is 0. The van der Waals surface area contributed by atoms with Gasteiger partial charge in [-0.3, -0.25) is 9.36 Å². The second-order valence-corrected chi connectivity index (χ2v) is 11.0. The Kier molecular flexibility index (Phi) is 8.87. The van der Waals surface area contributed by atoms with E-state index >= 15 is 0 Å². The summed E-state index contributed by atoms with van der Waals surface area (Å²) in [5.41, 5.74) is 1.67. The van der Waals surface area contributed by atoms with Crippen LogP contribution in [0.25, 0.3) is 6.08 Å². The average molecular weight is 682 g/mol. The fourth-order valence-electron chi connectivity index (χ4n) is 4.30. The fraction of sp³-hybridized carbons (Fsp3) is 0.296. The second-order valence-electron chi connectivity index (χ2n) is 8.26. The van der Waals surface area contributed by atoms with Crippen molar-refractivity contribution >= 4 is 55.2 Å². The molecule has 0 fully saturated rings. The van der Waals surface area contributed by atoms with Crippen LogP contribution in [0.4, 0.5) is 0 Å². The molecular formula is C27H26Br2N2O7S. The molecule has 0 unspecified atom stereocenters. The normalized spacial score (nSPS) is 15.0. The number of esters is 1. The zero-order chi connectivity index (χ0) is 28.4. The summed E-state index contributed by atoms with van der Waals surface area (Å²) in [5.74, 6) is 1.52. The molecule has 12 heteroatoms. The third-order valence-corrected chi connectivity index (χ3v) is 8.39. The van der Waals surface area contributed by atoms with E-state index in [0.29, 0.717) is 58.1 Å². The van der Waals surface area contributed by atoms with E-state index < -0.39 is 12.0 Å². The summed E-state index contributed by atoms with van der Waals surface area (Å²) in [6.07, 6.45) is 1.73. The molecule has 0 saturated carbocycles. The molecule has 9 nitrogen and oxygen atoms in total. The Labute approximate surface area is 245 Å². The minimum atomic E-state index is -0.832. The molecule has 0 spiro atoms. The molecule has 1 aliphatic heterocycles. The molecule has 0 saturated heterocycles. The molecule has 1 aliphatic rings. The van der Waals surface area contributed by atoms with Crippen LogP contribution >= 0.6 is 43.2 Å². The van der Waals surface area contributed by atoms with Gasteiger partial charge in [-0.15, -0.1) is 0 Å². The van der Waals surface area contributed by atoms with Gasteiger partial charge < -0.3 is 23.7 Å². The van der Waals surface area contributed by atoms with E-state index in [1.165, 1.54) is 30.1 Å². The number of nitrogens with zero attached hydrogens (tertiary/aromatic N) is 2. The highest BCUT2D eigenvalue weighted by molar-refractivity contribution is 9.10. The van der Waals surface area contributed by atoms with Crippen molar-refractivity contribution in [2.45, 2.75) is 19.9 Å². The van der Waals surface area contributed by atoms with Gasteiger partial charge in [-0.1, -0.05) is 27.3 Å². The maximum Gasteiger partial charge on any atom is 0.338 e. The molecule has 4 rings (SSSR count).